The Labute approximate surface area is 124 Å². The van der Waals surface area contributed by atoms with Crippen LogP contribution in [0.15, 0.2) is 6.07 Å². The summed E-state index contributed by atoms with van der Waals surface area (Å²) in [7, 11) is 1.88. The molecule has 2 aromatic heterocycles. The first kappa shape index (κ1) is 13.6. The van der Waals surface area contributed by atoms with Gasteiger partial charge in [-0.2, -0.15) is 4.98 Å². The zero-order chi connectivity index (χ0) is 14.3. The summed E-state index contributed by atoms with van der Waals surface area (Å²) in [6.07, 6.45) is 2.56. The fraction of sp³-hybridized carbons (Fsp3) is 0.600. The molecule has 5 heteroatoms. The minimum absolute atomic E-state index is 0.534. The molecule has 0 amide bonds. The Bertz CT molecular complexity index is 622. The highest BCUT2D eigenvalue weighted by Crippen LogP contribution is 2.35. The monoisotopic (exact) mass is 290 g/mol. The molecule has 2 atom stereocenters. The predicted molar refractivity (Wildman–Crippen MR) is 86.9 cm³/mol. The summed E-state index contributed by atoms with van der Waals surface area (Å²) in [5.74, 6) is 2.54. The molecule has 0 bridgehead atoms. The van der Waals surface area contributed by atoms with Crippen LogP contribution in [0.3, 0.4) is 0 Å². The molecule has 3 rings (SSSR count). The molecule has 0 saturated carbocycles. The minimum Gasteiger partial charge on any atom is -0.357 e. The van der Waals surface area contributed by atoms with E-state index in [1.54, 1.807) is 11.3 Å². The number of fused-ring (bicyclic) bond motifs is 1. The van der Waals surface area contributed by atoms with Gasteiger partial charge in [0.2, 0.25) is 5.95 Å². The van der Waals surface area contributed by atoms with E-state index < -0.39 is 0 Å². The van der Waals surface area contributed by atoms with Gasteiger partial charge < -0.3 is 10.2 Å². The van der Waals surface area contributed by atoms with Gasteiger partial charge in [0.1, 0.15) is 10.6 Å². The molecular weight excluding hydrogens is 268 g/mol. The summed E-state index contributed by atoms with van der Waals surface area (Å²) in [5.41, 5.74) is 0. The number of nitrogens with one attached hydrogen (secondary N) is 1. The third-order valence-corrected chi connectivity index (χ3v) is 5.31. The smallest absolute Gasteiger partial charge is 0.225 e. The Morgan fingerprint density at radius 2 is 2.15 bits per heavy atom. The number of rotatable bonds is 2. The molecule has 0 spiro atoms. The third-order valence-electron chi connectivity index (χ3n) is 4.37. The van der Waals surface area contributed by atoms with Crippen LogP contribution >= 0.6 is 11.3 Å². The van der Waals surface area contributed by atoms with E-state index in [0.29, 0.717) is 12.0 Å². The van der Waals surface area contributed by atoms with Gasteiger partial charge in [0.25, 0.3) is 0 Å². The normalized spacial score (nSPS) is 23.3. The number of nitrogens with zero attached hydrogens (tertiary/aromatic N) is 3. The average Bonchev–Trinajstić information content (AvgIpc) is 2.81. The van der Waals surface area contributed by atoms with Crippen molar-refractivity contribution in [3.05, 3.63) is 10.9 Å². The van der Waals surface area contributed by atoms with Crippen LogP contribution in [0, 0.1) is 12.8 Å². The zero-order valence-corrected chi connectivity index (χ0v) is 13.4. The summed E-state index contributed by atoms with van der Waals surface area (Å²) in [6, 6.07) is 2.76. The first-order valence-electron chi connectivity index (χ1n) is 7.32. The Morgan fingerprint density at radius 1 is 1.35 bits per heavy atom. The van der Waals surface area contributed by atoms with Crippen molar-refractivity contribution < 1.29 is 0 Å². The summed E-state index contributed by atoms with van der Waals surface area (Å²) in [6.45, 7) is 7.89. The van der Waals surface area contributed by atoms with Gasteiger partial charge in [-0.1, -0.05) is 6.92 Å². The first-order chi connectivity index (χ1) is 9.60. The number of hydrogen-bond acceptors (Lipinski definition) is 5. The van der Waals surface area contributed by atoms with Crippen LogP contribution < -0.4 is 10.2 Å². The fourth-order valence-corrected chi connectivity index (χ4v) is 3.87. The van der Waals surface area contributed by atoms with Crippen LogP contribution in [0.5, 0.6) is 0 Å². The number of thiophene rings is 1. The maximum atomic E-state index is 4.75. The van der Waals surface area contributed by atoms with Crippen molar-refractivity contribution in [1.29, 1.82) is 0 Å². The van der Waals surface area contributed by atoms with Crippen molar-refractivity contribution in [2.24, 2.45) is 5.92 Å². The SMILES string of the molecule is CNc1nc(N2CCCC(C)C2C)c2cc(C)sc2n1. The number of hydrogen-bond donors (Lipinski definition) is 1. The number of anilines is 2. The Hall–Kier alpha value is -1.36. The van der Waals surface area contributed by atoms with Crippen LogP contribution in [0.25, 0.3) is 10.2 Å². The lowest BCUT2D eigenvalue weighted by molar-refractivity contribution is 0.362. The van der Waals surface area contributed by atoms with Crippen molar-refractivity contribution in [3.8, 4) is 0 Å². The predicted octanol–water partition coefficient (Wildman–Crippen LogP) is 3.67. The highest BCUT2D eigenvalue weighted by Gasteiger charge is 2.27. The van der Waals surface area contributed by atoms with E-state index in [9.17, 15) is 0 Å². The molecule has 0 radical (unpaired) electrons. The van der Waals surface area contributed by atoms with E-state index in [-0.39, 0.29) is 0 Å². The summed E-state index contributed by atoms with van der Waals surface area (Å²) < 4.78 is 0. The minimum atomic E-state index is 0.534. The van der Waals surface area contributed by atoms with Gasteiger partial charge in [0, 0.05) is 24.5 Å². The van der Waals surface area contributed by atoms with E-state index in [1.807, 2.05) is 7.05 Å². The van der Waals surface area contributed by atoms with Crippen LogP contribution in [0.2, 0.25) is 0 Å². The molecule has 1 aliphatic rings. The number of piperidine rings is 1. The third kappa shape index (κ3) is 2.24. The lowest BCUT2D eigenvalue weighted by Gasteiger charge is -2.39. The topological polar surface area (TPSA) is 41.1 Å². The number of aryl methyl sites for hydroxylation is 1. The second-order valence-electron chi connectivity index (χ2n) is 5.75. The van der Waals surface area contributed by atoms with Gasteiger partial charge in [0.15, 0.2) is 0 Å². The van der Waals surface area contributed by atoms with Gasteiger partial charge in [0.05, 0.1) is 5.39 Å². The Morgan fingerprint density at radius 3 is 2.90 bits per heavy atom. The Balaban J connectivity index is 2.13. The van der Waals surface area contributed by atoms with E-state index >= 15 is 0 Å². The van der Waals surface area contributed by atoms with E-state index in [2.05, 4.69) is 42.0 Å². The zero-order valence-electron chi connectivity index (χ0n) is 12.6. The van der Waals surface area contributed by atoms with Gasteiger partial charge in [-0.15, -0.1) is 11.3 Å². The molecule has 1 saturated heterocycles. The van der Waals surface area contributed by atoms with Gasteiger partial charge >= 0.3 is 0 Å². The molecule has 1 aliphatic heterocycles. The molecule has 2 unspecified atom stereocenters. The molecule has 2 aromatic rings. The standard InChI is InChI=1S/C15H22N4S/c1-9-6-5-7-19(11(9)3)13-12-8-10(2)20-14(12)18-15(16-4)17-13/h8-9,11H,5-7H2,1-4H3,(H,16,17,18). The molecule has 3 heterocycles. The second kappa shape index (κ2) is 5.20. The molecule has 0 aliphatic carbocycles. The van der Waals surface area contributed by atoms with Gasteiger partial charge in [-0.05, 0) is 38.7 Å². The highest BCUT2D eigenvalue weighted by atomic mass is 32.1. The maximum absolute atomic E-state index is 4.75. The maximum Gasteiger partial charge on any atom is 0.225 e. The summed E-state index contributed by atoms with van der Waals surface area (Å²) in [4.78, 5) is 14.2. The van der Waals surface area contributed by atoms with E-state index in [0.717, 1.165) is 23.1 Å². The average molecular weight is 290 g/mol. The molecule has 1 fully saturated rings. The van der Waals surface area contributed by atoms with Crippen LogP contribution in [0.4, 0.5) is 11.8 Å². The summed E-state index contributed by atoms with van der Waals surface area (Å²) in [5, 5.41) is 4.29. The van der Waals surface area contributed by atoms with Gasteiger partial charge in [-0.25, -0.2) is 4.98 Å². The Kier molecular flexibility index (Phi) is 3.54. The van der Waals surface area contributed by atoms with Crippen LogP contribution in [-0.2, 0) is 0 Å². The van der Waals surface area contributed by atoms with Crippen LogP contribution in [0.1, 0.15) is 31.6 Å². The van der Waals surface area contributed by atoms with Crippen molar-refractivity contribution in [2.45, 2.75) is 39.7 Å². The quantitative estimate of drug-likeness (QED) is 0.916. The van der Waals surface area contributed by atoms with Crippen molar-refractivity contribution in [3.63, 3.8) is 0 Å². The lowest BCUT2D eigenvalue weighted by Crippen LogP contribution is -2.43. The van der Waals surface area contributed by atoms with Crippen molar-refractivity contribution >= 4 is 33.3 Å². The lowest BCUT2D eigenvalue weighted by atomic mass is 9.92. The molecule has 20 heavy (non-hydrogen) atoms. The van der Waals surface area contributed by atoms with E-state index in [4.69, 9.17) is 4.98 Å². The highest BCUT2D eigenvalue weighted by molar-refractivity contribution is 7.18. The largest absolute Gasteiger partial charge is 0.357 e. The summed E-state index contributed by atoms with van der Waals surface area (Å²) >= 11 is 1.74. The molecular formula is C15H22N4S. The van der Waals surface area contributed by atoms with Gasteiger partial charge in [-0.3, -0.25) is 0 Å². The first-order valence-corrected chi connectivity index (χ1v) is 8.14. The molecule has 1 N–H and O–H groups in total. The number of aromatic nitrogens is 2. The molecule has 4 nitrogen and oxygen atoms in total. The van der Waals surface area contributed by atoms with E-state index in [1.165, 1.54) is 23.1 Å². The molecule has 108 valence electrons. The molecule has 0 aromatic carbocycles. The second-order valence-corrected chi connectivity index (χ2v) is 6.98. The van der Waals surface area contributed by atoms with Crippen molar-refractivity contribution in [1.82, 2.24) is 9.97 Å². The van der Waals surface area contributed by atoms with Crippen molar-refractivity contribution in [2.75, 3.05) is 23.8 Å². The fourth-order valence-electron chi connectivity index (χ4n) is 2.99. The van der Waals surface area contributed by atoms with Crippen LogP contribution in [-0.4, -0.2) is 29.6 Å².